The molecule has 4 heteroatoms. The topological polar surface area (TPSA) is 55.1 Å². The number of amides is 1. The van der Waals surface area contributed by atoms with E-state index in [1.807, 2.05) is 13.8 Å². The van der Waals surface area contributed by atoms with Gasteiger partial charge in [-0.15, -0.1) is 12.4 Å². The molecule has 0 bridgehead atoms. The quantitative estimate of drug-likeness (QED) is 0.741. The summed E-state index contributed by atoms with van der Waals surface area (Å²) in [5, 5.41) is 3.11. The molecule has 1 aliphatic carbocycles. The first-order chi connectivity index (χ1) is 7.58. The van der Waals surface area contributed by atoms with Gasteiger partial charge >= 0.3 is 0 Å². The summed E-state index contributed by atoms with van der Waals surface area (Å²) in [7, 11) is 0. The first-order valence-corrected chi connectivity index (χ1v) is 6.56. The van der Waals surface area contributed by atoms with Crippen molar-refractivity contribution in [2.75, 3.05) is 13.1 Å². The Morgan fingerprint density at radius 2 is 1.82 bits per heavy atom. The van der Waals surface area contributed by atoms with Gasteiger partial charge in [-0.3, -0.25) is 4.79 Å². The van der Waals surface area contributed by atoms with Gasteiger partial charge in [0.05, 0.1) is 5.41 Å². The first kappa shape index (κ1) is 16.7. The van der Waals surface area contributed by atoms with E-state index in [0.717, 1.165) is 19.4 Å². The van der Waals surface area contributed by atoms with Gasteiger partial charge in [0.1, 0.15) is 0 Å². The molecule has 0 spiro atoms. The standard InChI is InChI=1S/C13H26N2O.ClH/c1-4-12(7-8-12)10-15-11(16)13(5-2,6-3)9-14;/h4-10,14H2,1-3H3,(H,15,16);1H. The maximum atomic E-state index is 12.2. The number of rotatable bonds is 7. The number of carbonyl (C=O) groups is 1. The molecule has 0 atom stereocenters. The molecule has 3 N–H and O–H groups in total. The Hall–Kier alpha value is -0.280. The van der Waals surface area contributed by atoms with Crippen LogP contribution in [-0.2, 0) is 4.79 Å². The van der Waals surface area contributed by atoms with Gasteiger partial charge in [-0.1, -0.05) is 20.8 Å². The third kappa shape index (κ3) is 3.59. The van der Waals surface area contributed by atoms with Gasteiger partial charge in [0.2, 0.25) is 5.91 Å². The summed E-state index contributed by atoms with van der Waals surface area (Å²) in [5.74, 6) is 0.153. The van der Waals surface area contributed by atoms with Crippen LogP contribution in [0.2, 0.25) is 0 Å². The summed E-state index contributed by atoms with van der Waals surface area (Å²) >= 11 is 0. The summed E-state index contributed by atoms with van der Waals surface area (Å²) in [6.45, 7) is 7.58. The second-order valence-electron chi connectivity index (χ2n) is 5.23. The molecule has 17 heavy (non-hydrogen) atoms. The monoisotopic (exact) mass is 262 g/mol. The molecule has 0 aromatic heterocycles. The van der Waals surface area contributed by atoms with Crippen LogP contribution in [0, 0.1) is 10.8 Å². The highest BCUT2D eigenvalue weighted by Gasteiger charge is 2.42. The third-order valence-electron chi connectivity index (χ3n) is 4.56. The van der Waals surface area contributed by atoms with Crippen molar-refractivity contribution in [2.45, 2.75) is 52.9 Å². The minimum absolute atomic E-state index is 0. The normalized spacial score (nSPS) is 17.2. The lowest BCUT2D eigenvalue weighted by Gasteiger charge is -2.29. The van der Waals surface area contributed by atoms with E-state index in [4.69, 9.17) is 5.73 Å². The molecule has 1 amide bonds. The highest BCUT2D eigenvalue weighted by molar-refractivity contribution is 5.85. The Morgan fingerprint density at radius 1 is 1.29 bits per heavy atom. The fourth-order valence-electron chi connectivity index (χ4n) is 2.24. The average molecular weight is 263 g/mol. The van der Waals surface area contributed by atoms with Crippen molar-refractivity contribution in [2.24, 2.45) is 16.6 Å². The predicted octanol–water partition coefficient (Wildman–Crippen LogP) is 2.48. The number of hydrogen-bond acceptors (Lipinski definition) is 2. The molecule has 3 nitrogen and oxygen atoms in total. The molecular formula is C13H27ClN2O. The van der Waals surface area contributed by atoms with Crippen LogP contribution in [0.3, 0.4) is 0 Å². The molecule has 0 saturated heterocycles. The Labute approximate surface area is 111 Å². The van der Waals surface area contributed by atoms with Crippen molar-refractivity contribution >= 4 is 18.3 Å². The molecule has 0 radical (unpaired) electrons. The summed E-state index contributed by atoms with van der Waals surface area (Å²) in [4.78, 5) is 12.2. The Bertz CT molecular complexity index is 240. The molecule has 102 valence electrons. The largest absolute Gasteiger partial charge is 0.355 e. The first-order valence-electron chi connectivity index (χ1n) is 6.56. The highest BCUT2D eigenvalue weighted by atomic mass is 35.5. The minimum Gasteiger partial charge on any atom is -0.355 e. The maximum absolute atomic E-state index is 12.2. The molecular weight excluding hydrogens is 236 g/mol. The van der Waals surface area contributed by atoms with E-state index in [2.05, 4.69) is 12.2 Å². The van der Waals surface area contributed by atoms with Crippen LogP contribution in [0.25, 0.3) is 0 Å². The Morgan fingerprint density at radius 3 is 2.12 bits per heavy atom. The molecule has 0 aromatic rings. The number of nitrogens with one attached hydrogen (secondary N) is 1. The lowest BCUT2D eigenvalue weighted by molar-refractivity contribution is -0.131. The van der Waals surface area contributed by atoms with Gasteiger partial charge in [0.25, 0.3) is 0 Å². The Kier molecular flexibility index (Phi) is 6.49. The summed E-state index contributed by atoms with van der Waals surface area (Å²) in [5.41, 5.74) is 5.83. The zero-order chi connectivity index (χ0) is 12.2. The van der Waals surface area contributed by atoms with Crippen LogP contribution >= 0.6 is 12.4 Å². The molecule has 0 heterocycles. The van der Waals surface area contributed by atoms with Gasteiger partial charge in [-0.25, -0.2) is 0 Å². The van der Waals surface area contributed by atoms with E-state index < -0.39 is 0 Å². The number of halogens is 1. The van der Waals surface area contributed by atoms with Crippen LogP contribution < -0.4 is 11.1 Å². The van der Waals surface area contributed by atoms with E-state index in [1.165, 1.54) is 19.3 Å². The SMILES string of the molecule is CCC1(CNC(=O)C(CC)(CC)CN)CC1.Cl. The summed E-state index contributed by atoms with van der Waals surface area (Å²) in [6, 6.07) is 0. The number of nitrogens with two attached hydrogens (primary N) is 1. The van der Waals surface area contributed by atoms with E-state index >= 15 is 0 Å². The van der Waals surface area contributed by atoms with Crippen LogP contribution in [0.1, 0.15) is 52.9 Å². The van der Waals surface area contributed by atoms with Crippen LogP contribution in [0.15, 0.2) is 0 Å². The van der Waals surface area contributed by atoms with Crippen molar-refractivity contribution in [1.29, 1.82) is 0 Å². The molecule has 0 aromatic carbocycles. The van der Waals surface area contributed by atoms with Crippen molar-refractivity contribution in [3.05, 3.63) is 0 Å². The fraction of sp³-hybridized carbons (Fsp3) is 0.923. The molecule has 0 unspecified atom stereocenters. The van der Waals surface area contributed by atoms with Crippen molar-refractivity contribution < 1.29 is 4.79 Å². The van der Waals surface area contributed by atoms with Gasteiger partial charge < -0.3 is 11.1 Å². The number of hydrogen-bond donors (Lipinski definition) is 2. The van der Waals surface area contributed by atoms with E-state index in [9.17, 15) is 4.79 Å². The van der Waals surface area contributed by atoms with E-state index in [1.54, 1.807) is 0 Å². The van der Waals surface area contributed by atoms with Crippen molar-refractivity contribution in [3.8, 4) is 0 Å². The molecule has 1 fully saturated rings. The van der Waals surface area contributed by atoms with Gasteiger partial charge in [-0.05, 0) is 37.5 Å². The molecule has 1 saturated carbocycles. The van der Waals surface area contributed by atoms with Gasteiger partial charge in [-0.2, -0.15) is 0 Å². The van der Waals surface area contributed by atoms with Crippen LogP contribution in [0.4, 0.5) is 0 Å². The lowest BCUT2D eigenvalue weighted by Crippen LogP contribution is -2.46. The molecule has 1 rings (SSSR count). The predicted molar refractivity (Wildman–Crippen MR) is 74.3 cm³/mol. The van der Waals surface area contributed by atoms with Crippen molar-refractivity contribution in [3.63, 3.8) is 0 Å². The highest BCUT2D eigenvalue weighted by Crippen LogP contribution is 2.48. The molecule has 1 aliphatic rings. The summed E-state index contributed by atoms with van der Waals surface area (Å²) in [6.07, 6.45) is 5.34. The summed E-state index contributed by atoms with van der Waals surface area (Å²) < 4.78 is 0. The second-order valence-corrected chi connectivity index (χ2v) is 5.23. The smallest absolute Gasteiger partial charge is 0.227 e. The maximum Gasteiger partial charge on any atom is 0.227 e. The zero-order valence-corrected chi connectivity index (χ0v) is 12.2. The molecule has 0 aliphatic heterocycles. The van der Waals surface area contributed by atoms with E-state index in [0.29, 0.717) is 12.0 Å². The number of carbonyl (C=O) groups excluding carboxylic acids is 1. The van der Waals surface area contributed by atoms with Gasteiger partial charge in [0, 0.05) is 13.1 Å². The second kappa shape index (κ2) is 6.60. The third-order valence-corrected chi connectivity index (χ3v) is 4.56. The van der Waals surface area contributed by atoms with E-state index in [-0.39, 0.29) is 23.7 Å². The fourth-order valence-corrected chi connectivity index (χ4v) is 2.24. The lowest BCUT2D eigenvalue weighted by atomic mass is 9.81. The zero-order valence-electron chi connectivity index (χ0n) is 11.3. The van der Waals surface area contributed by atoms with Crippen molar-refractivity contribution in [1.82, 2.24) is 5.32 Å². The van der Waals surface area contributed by atoms with Crippen LogP contribution in [-0.4, -0.2) is 19.0 Å². The van der Waals surface area contributed by atoms with Crippen LogP contribution in [0.5, 0.6) is 0 Å². The van der Waals surface area contributed by atoms with Gasteiger partial charge in [0.15, 0.2) is 0 Å². The minimum atomic E-state index is -0.343. The average Bonchev–Trinajstić information content (AvgIpc) is 3.10. The Balaban J connectivity index is 0.00000256.